The van der Waals surface area contributed by atoms with E-state index < -0.39 is 0 Å². The monoisotopic (exact) mass is 387 g/mol. The largest absolute Gasteiger partial charge is 0.619 e. The van der Waals surface area contributed by atoms with E-state index in [1.54, 1.807) is 12.1 Å². The number of amides is 1. The molecule has 3 aromatic rings. The first-order valence-electron chi connectivity index (χ1n) is 9.85. The lowest BCUT2D eigenvalue weighted by molar-refractivity contribution is -0.605. The van der Waals surface area contributed by atoms with Gasteiger partial charge in [-0.15, -0.1) is 0 Å². The molecule has 0 fully saturated rings. The number of pyridine rings is 1. The summed E-state index contributed by atoms with van der Waals surface area (Å²) in [4.78, 5) is 15.0. The lowest BCUT2D eigenvalue weighted by Gasteiger charge is -2.39. The van der Waals surface area contributed by atoms with Crippen LogP contribution in [0.4, 0.5) is 0 Å². The molecule has 0 bridgehead atoms. The molecule has 1 amide bonds. The van der Waals surface area contributed by atoms with E-state index in [0.717, 1.165) is 19.4 Å². The van der Waals surface area contributed by atoms with Crippen molar-refractivity contribution in [1.29, 1.82) is 0 Å². The molecule has 1 N–H and O–H groups in total. The fourth-order valence-corrected chi connectivity index (χ4v) is 4.16. The van der Waals surface area contributed by atoms with Gasteiger partial charge in [-0.1, -0.05) is 54.6 Å². The number of fused-ring (bicyclic) bond motifs is 1. The molecule has 1 aromatic heterocycles. The number of hydrogen-bond acceptors (Lipinski definition) is 3. The van der Waals surface area contributed by atoms with Crippen molar-refractivity contribution in [3.05, 3.63) is 107 Å². The zero-order valence-corrected chi connectivity index (χ0v) is 16.5. The minimum atomic E-state index is -0.223. The third-order valence-electron chi connectivity index (χ3n) is 5.85. The van der Waals surface area contributed by atoms with Crippen LogP contribution >= 0.6 is 0 Å². The fraction of sp³-hybridized carbons (Fsp3) is 0.250. The summed E-state index contributed by atoms with van der Waals surface area (Å²) in [5, 5.41) is 14.6. The van der Waals surface area contributed by atoms with E-state index in [1.807, 2.05) is 6.07 Å². The number of nitrogens with zero attached hydrogens (tertiary/aromatic N) is 2. The van der Waals surface area contributed by atoms with E-state index in [0.29, 0.717) is 16.8 Å². The van der Waals surface area contributed by atoms with Gasteiger partial charge >= 0.3 is 0 Å². The second-order valence-corrected chi connectivity index (χ2v) is 7.82. The van der Waals surface area contributed by atoms with E-state index in [2.05, 4.69) is 65.8 Å². The smallest absolute Gasteiger partial charge is 0.257 e. The summed E-state index contributed by atoms with van der Waals surface area (Å²) in [6.07, 6.45) is 4.44. The zero-order chi connectivity index (χ0) is 20.3. The number of aromatic nitrogens is 1. The van der Waals surface area contributed by atoms with Crippen LogP contribution in [0.15, 0.2) is 79.1 Å². The van der Waals surface area contributed by atoms with E-state index in [-0.39, 0.29) is 11.4 Å². The number of hydrogen-bond donors (Lipinski definition) is 1. The Hall–Kier alpha value is -3.18. The lowest BCUT2D eigenvalue weighted by Crippen LogP contribution is -2.54. The van der Waals surface area contributed by atoms with E-state index >= 15 is 0 Å². The van der Waals surface area contributed by atoms with Crippen molar-refractivity contribution >= 4 is 5.91 Å². The summed E-state index contributed by atoms with van der Waals surface area (Å²) >= 11 is 0. The van der Waals surface area contributed by atoms with Crippen LogP contribution in [0, 0.1) is 5.21 Å². The maximum Gasteiger partial charge on any atom is 0.257 e. The molecular weight excluding hydrogens is 362 g/mol. The van der Waals surface area contributed by atoms with Crippen molar-refractivity contribution in [3.8, 4) is 0 Å². The number of likely N-dealkylation sites (N-methyl/N-ethyl adjacent to an activating group) is 1. The molecule has 5 nitrogen and oxygen atoms in total. The van der Waals surface area contributed by atoms with Crippen molar-refractivity contribution in [1.82, 2.24) is 10.2 Å². The summed E-state index contributed by atoms with van der Waals surface area (Å²) in [6.45, 7) is 1.31. The first kappa shape index (κ1) is 19.2. The highest BCUT2D eigenvalue weighted by Gasteiger charge is 2.40. The Morgan fingerprint density at radius 1 is 1.03 bits per heavy atom. The first-order valence-corrected chi connectivity index (χ1v) is 9.85. The van der Waals surface area contributed by atoms with E-state index in [4.69, 9.17) is 0 Å². The molecule has 0 unspecified atom stereocenters. The van der Waals surface area contributed by atoms with Crippen LogP contribution < -0.4 is 10.0 Å². The van der Waals surface area contributed by atoms with Crippen molar-refractivity contribution < 1.29 is 9.52 Å². The number of carbonyl (C=O) groups is 1. The van der Waals surface area contributed by atoms with Gasteiger partial charge in [0.2, 0.25) is 0 Å². The molecule has 0 spiro atoms. The second kappa shape index (κ2) is 8.05. The summed E-state index contributed by atoms with van der Waals surface area (Å²) < 4.78 is 0.650. The van der Waals surface area contributed by atoms with Gasteiger partial charge in [0.15, 0.2) is 12.4 Å². The van der Waals surface area contributed by atoms with Crippen molar-refractivity contribution in [3.63, 3.8) is 0 Å². The Morgan fingerprint density at radius 2 is 1.69 bits per heavy atom. The van der Waals surface area contributed by atoms with Gasteiger partial charge in [0.05, 0.1) is 0 Å². The molecule has 1 aliphatic carbocycles. The van der Waals surface area contributed by atoms with Crippen LogP contribution in [-0.2, 0) is 19.4 Å². The predicted octanol–water partition coefficient (Wildman–Crippen LogP) is 2.72. The fourth-order valence-electron chi connectivity index (χ4n) is 4.16. The Labute approximate surface area is 171 Å². The normalized spacial score (nSPS) is 14.6. The summed E-state index contributed by atoms with van der Waals surface area (Å²) in [6, 6.07) is 22.1. The molecule has 1 aliphatic rings. The first-order chi connectivity index (χ1) is 14.1. The highest BCUT2D eigenvalue weighted by molar-refractivity contribution is 5.93. The molecule has 2 aromatic carbocycles. The Balaban J connectivity index is 1.55. The maximum absolute atomic E-state index is 12.7. The number of carbonyl (C=O) groups excluding carboxylic acids is 1. The molecule has 0 radical (unpaired) electrons. The van der Waals surface area contributed by atoms with Crippen LogP contribution in [0.2, 0.25) is 0 Å². The molecule has 29 heavy (non-hydrogen) atoms. The van der Waals surface area contributed by atoms with Crippen LogP contribution in [0.3, 0.4) is 0 Å². The summed E-state index contributed by atoms with van der Waals surface area (Å²) in [7, 11) is 2.12. The van der Waals surface area contributed by atoms with Gasteiger partial charge in [0.25, 0.3) is 5.91 Å². The van der Waals surface area contributed by atoms with E-state index in [1.165, 1.54) is 29.1 Å². The van der Waals surface area contributed by atoms with Crippen LogP contribution in [0.1, 0.15) is 27.0 Å². The molecule has 148 valence electrons. The average Bonchev–Trinajstić information content (AvgIpc) is 3.13. The molecule has 0 saturated heterocycles. The van der Waals surface area contributed by atoms with Gasteiger partial charge in [0, 0.05) is 24.7 Å². The highest BCUT2D eigenvalue weighted by Crippen LogP contribution is 2.34. The van der Waals surface area contributed by atoms with E-state index in [9.17, 15) is 10.0 Å². The Bertz CT molecular complexity index is 979. The Morgan fingerprint density at radius 3 is 2.34 bits per heavy atom. The number of nitrogens with one attached hydrogen (secondary N) is 1. The van der Waals surface area contributed by atoms with Crippen LogP contribution in [0.25, 0.3) is 0 Å². The highest BCUT2D eigenvalue weighted by atomic mass is 16.5. The van der Waals surface area contributed by atoms with Gasteiger partial charge in [-0.2, -0.15) is 4.73 Å². The third kappa shape index (κ3) is 4.15. The van der Waals surface area contributed by atoms with Gasteiger partial charge < -0.3 is 10.5 Å². The molecule has 0 aliphatic heterocycles. The topological polar surface area (TPSA) is 59.3 Å². The molecule has 0 atom stereocenters. The molecule has 4 rings (SSSR count). The summed E-state index contributed by atoms with van der Waals surface area (Å²) in [5.74, 6) is -0.223. The van der Waals surface area contributed by atoms with Crippen molar-refractivity contribution in [2.24, 2.45) is 0 Å². The summed E-state index contributed by atoms with van der Waals surface area (Å²) in [5.41, 5.74) is 4.07. The lowest BCUT2D eigenvalue weighted by atomic mass is 9.92. The number of benzene rings is 2. The molecular formula is C24H25N3O2. The van der Waals surface area contributed by atoms with Gasteiger partial charge in [-0.05, 0) is 42.6 Å². The Kier molecular flexibility index (Phi) is 5.32. The van der Waals surface area contributed by atoms with Gasteiger partial charge in [0.1, 0.15) is 5.56 Å². The van der Waals surface area contributed by atoms with Crippen molar-refractivity contribution in [2.75, 3.05) is 13.6 Å². The minimum absolute atomic E-state index is 0.211. The predicted molar refractivity (Wildman–Crippen MR) is 112 cm³/mol. The van der Waals surface area contributed by atoms with Crippen molar-refractivity contribution in [2.45, 2.75) is 24.9 Å². The van der Waals surface area contributed by atoms with Crippen LogP contribution in [0.5, 0.6) is 0 Å². The quantitative estimate of drug-likeness (QED) is 0.523. The third-order valence-corrected chi connectivity index (χ3v) is 5.85. The number of rotatable bonds is 6. The van der Waals surface area contributed by atoms with Gasteiger partial charge in [-0.3, -0.25) is 9.69 Å². The maximum atomic E-state index is 12.7. The minimum Gasteiger partial charge on any atom is -0.619 e. The average molecular weight is 387 g/mol. The molecule has 1 heterocycles. The van der Waals surface area contributed by atoms with Crippen LogP contribution in [-0.4, -0.2) is 29.9 Å². The molecule has 0 saturated carbocycles. The SMILES string of the molecule is CN(Cc1ccccc1)C1(CNC(=O)c2ccc[n+]([O-])c2)Cc2ccccc2C1. The zero-order valence-electron chi connectivity index (χ0n) is 16.5. The standard InChI is InChI=1S/C24H25N3O2/c1-26(16-19-8-3-2-4-9-19)24(14-20-10-5-6-11-21(20)15-24)18-25-23(28)22-12-7-13-27(29)17-22/h2-13,17H,14-16,18H2,1H3,(H,25,28). The molecule has 5 heteroatoms. The second-order valence-electron chi connectivity index (χ2n) is 7.82. The van der Waals surface area contributed by atoms with Gasteiger partial charge in [-0.25, -0.2) is 0 Å².